The van der Waals surface area contributed by atoms with E-state index < -0.39 is 4.92 Å². The van der Waals surface area contributed by atoms with E-state index in [4.69, 9.17) is 4.74 Å². The van der Waals surface area contributed by atoms with Crippen LogP contribution in [0, 0.1) is 10.1 Å². The summed E-state index contributed by atoms with van der Waals surface area (Å²) in [5.74, 6) is -0.365. The lowest BCUT2D eigenvalue weighted by molar-refractivity contribution is -0.384. The number of esters is 1. The third-order valence-electron chi connectivity index (χ3n) is 4.02. The summed E-state index contributed by atoms with van der Waals surface area (Å²) in [4.78, 5) is 36.1. The molecule has 0 unspecified atom stereocenters. The van der Waals surface area contributed by atoms with Crippen LogP contribution in [0.25, 0.3) is 0 Å². The predicted octanol–water partition coefficient (Wildman–Crippen LogP) is 3.62. The number of hydrogen-bond donors (Lipinski definition) is 1. The van der Waals surface area contributed by atoms with Gasteiger partial charge in [-0.15, -0.1) is 0 Å². The van der Waals surface area contributed by atoms with E-state index >= 15 is 0 Å². The maximum Gasteiger partial charge on any atom is 0.321 e. The number of ether oxygens (including phenoxy) is 1. The van der Waals surface area contributed by atoms with Gasteiger partial charge in [-0.25, -0.2) is 4.79 Å². The van der Waals surface area contributed by atoms with Crippen LogP contribution >= 0.6 is 0 Å². The lowest BCUT2D eigenvalue weighted by Gasteiger charge is -2.23. The molecule has 0 aromatic heterocycles. The minimum atomic E-state index is -0.503. The molecule has 0 saturated carbocycles. The van der Waals surface area contributed by atoms with Gasteiger partial charge in [-0.05, 0) is 31.0 Å². The van der Waals surface area contributed by atoms with Gasteiger partial charge in [0, 0.05) is 30.9 Å². The molecule has 1 N–H and O–H groups in total. The highest BCUT2D eigenvalue weighted by molar-refractivity contribution is 5.89. The lowest BCUT2D eigenvalue weighted by Crippen LogP contribution is -2.38. The minimum Gasteiger partial charge on any atom is -0.466 e. The molecule has 2 aromatic carbocycles. The van der Waals surface area contributed by atoms with Crippen molar-refractivity contribution in [2.45, 2.75) is 19.8 Å². The minimum absolute atomic E-state index is 0.0544. The molecule has 148 valence electrons. The van der Waals surface area contributed by atoms with Crippen molar-refractivity contribution < 1.29 is 19.2 Å². The summed E-state index contributed by atoms with van der Waals surface area (Å²) in [6.07, 6.45) is 0.730. The summed E-state index contributed by atoms with van der Waals surface area (Å²) >= 11 is 0. The maximum absolute atomic E-state index is 12.7. The molecule has 8 heteroatoms. The molecule has 0 spiro atoms. The van der Waals surface area contributed by atoms with Gasteiger partial charge >= 0.3 is 12.0 Å². The zero-order valence-corrected chi connectivity index (χ0v) is 15.7. The third kappa shape index (κ3) is 6.71. The van der Waals surface area contributed by atoms with Crippen LogP contribution in [0.5, 0.6) is 0 Å². The zero-order chi connectivity index (χ0) is 20.4. The van der Waals surface area contributed by atoms with Crippen LogP contribution in [0.3, 0.4) is 0 Å². The van der Waals surface area contributed by atoms with Crippen LogP contribution in [-0.2, 0) is 16.0 Å². The number of benzene rings is 2. The first-order valence-corrected chi connectivity index (χ1v) is 8.99. The van der Waals surface area contributed by atoms with Gasteiger partial charge in [-0.3, -0.25) is 14.9 Å². The number of non-ortho nitro benzene ring substituents is 1. The highest BCUT2D eigenvalue weighted by Crippen LogP contribution is 2.16. The maximum atomic E-state index is 12.7. The first kappa shape index (κ1) is 20.9. The van der Waals surface area contributed by atoms with E-state index in [-0.39, 0.29) is 37.3 Å². The van der Waals surface area contributed by atoms with E-state index in [0.29, 0.717) is 18.7 Å². The van der Waals surface area contributed by atoms with Crippen LogP contribution in [0.4, 0.5) is 16.2 Å². The molecule has 8 nitrogen and oxygen atoms in total. The number of nitrogens with one attached hydrogen (secondary N) is 1. The summed E-state index contributed by atoms with van der Waals surface area (Å²) in [5, 5.41) is 13.4. The number of urea groups is 1. The molecule has 0 bridgehead atoms. The monoisotopic (exact) mass is 385 g/mol. The quantitative estimate of drug-likeness (QED) is 0.403. The number of nitro benzene ring substituents is 1. The second kappa shape index (κ2) is 10.7. The van der Waals surface area contributed by atoms with Crippen LogP contribution in [0.2, 0.25) is 0 Å². The molecule has 0 aliphatic heterocycles. The van der Waals surface area contributed by atoms with E-state index in [1.54, 1.807) is 6.92 Å². The first-order valence-electron chi connectivity index (χ1n) is 8.99. The molecule has 0 fully saturated rings. The van der Waals surface area contributed by atoms with E-state index in [9.17, 15) is 19.7 Å². The van der Waals surface area contributed by atoms with E-state index in [1.165, 1.54) is 29.2 Å². The van der Waals surface area contributed by atoms with Gasteiger partial charge < -0.3 is 15.0 Å². The molecule has 0 saturated heterocycles. The molecule has 0 atom stereocenters. The van der Waals surface area contributed by atoms with Crippen molar-refractivity contribution in [1.82, 2.24) is 4.90 Å². The fraction of sp³-hybridized carbons (Fsp3) is 0.300. The highest BCUT2D eigenvalue weighted by atomic mass is 16.6. The Kier molecular flexibility index (Phi) is 7.95. The average molecular weight is 385 g/mol. The fourth-order valence-corrected chi connectivity index (χ4v) is 2.55. The van der Waals surface area contributed by atoms with Crippen molar-refractivity contribution in [3.05, 3.63) is 70.3 Å². The predicted molar refractivity (Wildman–Crippen MR) is 105 cm³/mol. The number of carbonyl (C=O) groups excluding carboxylic acids is 2. The molecule has 0 aliphatic carbocycles. The summed E-state index contributed by atoms with van der Waals surface area (Å²) < 4.78 is 4.93. The van der Waals surface area contributed by atoms with Crippen molar-refractivity contribution in [1.29, 1.82) is 0 Å². The van der Waals surface area contributed by atoms with Gasteiger partial charge in [0.1, 0.15) is 0 Å². The summed E-state index contributed by atoms with van der Waals surface area (Å²) in [6, 6.07) is 14.9. The summed E-state index contributed by atoms with van der Waals surface area (Å²) in [6.45, 7) is 2.65. The summed E-state index contributed by atoms with van der Waals surface area (Å²) in [7, 11) is 0. The number of hydrogen-bond acceptors (Lipinski definition) is 5. The van der Waals surface area contributed by atoms with Crippen molar-refractivity contribution in [2.24, 2.45) is 0 Å². The Morgan fingerprint density at radius 3 is 2.36 bits per heavy atom. The van der Waals surface area contributed by atoms with Crippen molar-refractivity contribution in [3.8, 4) is 0 Å². The van der Waals surface area contributed by atoms with E-state index in [2.05, 4.69) is 5.32 Å². The van der Waals surface area contributed by atoms with Gasteiger partial charge in [-0.1, -0.05) is 30.3 Å². The molecule has 2 rings (SSSR count). The third-order valence-corrected chi connectivity index (χ3v) is 4.02. The van der Waals surface area contributed by atoms with Crippen LogP contribution in [0.1, 0.15) is 18.9 Å². The molecule has 2 aromatic rings. The van der Waals surface area contributed by atoms with Crippen LogP contribution in [0.15, 0.2) is 54.6 Å². The van der Waals surface area contributed by atoms with Crippen molar-refractivity contribution >= 4 is 23.4 Å². The Balaban J connectivity index is 2.01. The Labute approximate surface area is 163 Å². The standard InChI is InChI=1S/C20H23N3O5/c1-2-28-19(24)13-15-22(14-12-16-6-4-3-5-7-16)20(25)21-17-8-10-18(11-9-17)23(26)27/h3-11H,2,12-15H2,1H3,(H,21,25). The van der Waals surface area contributed by atoms with Crippen molar-refractivity contribution in [3.63, 3.8) is 0 Å². The Morgan fingerprint density at radius 1 is 1.07 bits per heavy atom. The van der Waals surface area contributed by atoms with Gasteiger partial charge in [0.05, 0.1) is 18.0 Å². The molecular formula is C20H23N3O5. The number of rotatable bonds is 9. The Bertz CT molecular complexity index is 793. The fourth-order valence-electron chi connectivity index (χ4n) is 2.55. The zero-order valence-electron chi connectivity index (χ0n) is 15.7. The second-order valence-electron chi connectivity index (χ2n) is 6.01. The number of nitrogens with zero attached hydrogens (tertiary/aromatic N) is 2. The lowest BCUT2D eigenvalue weighted by atomic mass is 10.1. The van der Waals surface area contributed by atoms with E-state index in [0.717, 1.165) is 5.56 Å². The Hall–Kier alpha value is -3.42. The molecule has 0 aliphatic rings. The normalized spacial score (nSPS) is 10.2. The number of amides is 2. The smallest absolute Gasteiger partial charge is 0.321 e. The molecule has 2 amide bonds. The van der Waals surface area contributed by atoms with Crippen LogP contribution < -0.4 is 5.32 Å². The van der Waals surface area contributed by atoms with Gasteiger partial charge in [0.15, 0.2) is 0 Å². The Morgan fingerprint density at radius 2 is 1.75 bits per heavy atom. The van der Waals surface area contributed by atoms with E-state index in [1.807, 2.05) is 30.3 Å². The molecule has 28 heavy (non-hydrogen) atoms. The van der Waals surface area contributed by atoms with Gasteiger partial charge in [0.25, 0.3) is 5.69 Å². The SMILES string of the molecule is CCOC(=O)CCN(CCc1ccccc1)C(=O)Nc1ccc([N+](=O)[O-])cc1. The molecule has 0 heterocycles. The summed E-state index contributed by atoms with van der Waals surface area (Å²) in [5.41, 5.74) is 1.46. The first-order chi connectivity index (χ1) is 13.5. The topological polar surface area (TPSA) is 102 Å². The largest absolute Gasteiger partial charge is 0.466 e. The van der Waals surface area contributed by atoms with Crippen LogP contribution in [-0.4, -0.2) is 41.5 Å². The highest BCUT2D eigenvalue weighted by Gasteiger charge is 2.16. The molecular weight excluding hydrogens is 362 g/mol. The van der Waals surface area contributed by atoms with Gasteiger partial charge in [0.2, 0.25) is 0 Å². The number of anilines is 1. The number of carbonyl (C=O) groups is 2. The van der Waals surface area contributed by atoms with Crippen molar-refractivity contribution in [2.75, 3.05) is 25.0 Å². The number of nitro groups is 1. The second-order valence-corrected chi connectivity index (χ2v) is 6.01. The average Bonchev–Trinajstić information content (AvgIpc) is 2.69. The van der Waals surface area contributed by atoms with Gasteiger partial charge in [-0.2, -0.15) is 0 Å². The molecule has 0 radical (unpaired) electrons.